The van der Waals surface area contributed by atoms with Crippen molar-refractivity contribution < 1.29 is 0 Å². The zero-order valence-electron chi connectivity index (χ0n) is 13.6. The average Bonchev–Trinajstić information content (AvgIpc) is 3.02. The van der Waals surface area contributed by atoms with Crippen LogP contribution in [0.4, 0.5) is 5.69 Å². The largest absolute Gasteiger partial charge is 0.370 e. The molecule has 122 valence electrons. The summed E-state index contributed by atoms with van der Waals surface area (Å²) in [5.74, 6) is 0.492. The number of aliphatic imine (C=N–C) groups is 1. The number of aryl methyl sites for hydroxylation is 1. The van der Waals surface area contributed by atoms with Crippen LogP contribution in [0.2, 0.25) is 0 Å². The predicted octanol–water partition coefficient (Wildman–Crippen LogP) is 3.10. The van der Waals surface area contributed by atoms with Crippen LogP contribution in [0.25, 0.3) is 0 Å². The minimum Gasteiger partial charge on any atom is -0.370 e. The maximum absolute atomic E-state index is 5.99. The van der Waals surface area contributed by atoms with E-state index in [-0.39, 0.29) is 0 Å². The number of fused-ring (bicyclic) bond motifs is 1. The molecule has 1 aliphatic rings. The third-order valence-electron chi connectivity index (χ3n) is 4.19. The smallest absolute Gasteiger partial charge is 0.193 e. The topological polar surface area (TPSA) is 53.6 Å². The van der Waals surface area contributed by atoms with Crippen LogP contribution in [-0.2, 0) is 19.4 Å². The molecule has 3 rings (SSSR count). The molecule has 0 saturated heterocycles. The number of benzene rings is 1. The first-order chi connectivity index (χ1) is 11.2. The van der Waals surface area contributed by atoms with E-state index < -0.39 is 0 Å². The summed E-state index contributed by atoms with van der Waals surface area (Å²) in [6.45, 7) is 5.99. The lowest BCUT2D eigenvalue weighted by molar-refractivity contribution is 0.264. The molecular formula is C18H24N4S. The Bertz CT molecular complexity index is 677. The van der Waals surface area contributed by atoms with Crippen LogP contribution in [0.15, 0.2) is 40.7 Å². The molecule has 0 saturated carbocycles. The van der Waals surface area contributed by atoms with Crippen molar-refractivity contribution in [3.63, 3.8) is 0 Å². The lowest BCUT2D eigenvalue weighted by Gasteiger charge is -2.26. The fourth-order valence-electron chi connectivity index (χ4n) is 2.87. The quantitative estimate of drug-likeness (QED) is 0.655. The Morgan fingerprint density at radius 3 is 3.17 bits per heavy atom. The summed E-state index contributed by atoms with van der Waals surface area (Å²) in [5.41, 5.74) is 9.77. The van der Waals surface area contributed by atoms with E-state index in [4.69, 9.17) is 5.73 Å². The second-order valence-corrected chi connectivity index (χ2v) is 6.84. The van der Waals surface area contributed by atoms with Gasteiger partial charge < -0.3 is 11.1 Å². The summed E-state index contributed by atoms with van der Waals surface area (Å²) in [6.07, 6.45) is 2.18. The summed E-state index contributed by atoms with van der Waals surface area (Å²) in [7, 11) is 0. The van der Waals surface area contributed by atoms with E-state index in [2.05, 4.69) is 45.7 Å². The predicted molar refractivity (Wildman–Crippen MR) is 99.2 cm³/mol. The summed E-state index contributed by atoms with van der Waals surface area (Å²) in [5, 5.41) is 5.37. The van der Waals surface area contributed by atoms with Gasteiger partial charge >= 0.3 is 0 Å². The molecule has 0 unspecified atom stereocenters. The van der Waals surface area contributed by atoms with Gasteiger partial charge in [-0.2, -0.15) is 0 Å². The van der Waals surface area contributed by atoms with E-state index >= 15 is 0 Å². The van der Waals surface area contributed by atoms with Crippen LogP contribution in [-0.4, -0.2) is 30.5 Å². The van der Waals surface area contributed by atoms with Gasteiger partial charge in [-0.3, -0.25) is 9.89 Å². The molecule has 23 heavy (non-hydrogen) atoms. The van der Waals surface area contributed by atoms with E-state index in [0.29, 0.717) is 5.96 Å². The van der Waals surface area contributed by atoms with Gasteiger partial charge in [0.05, 0.1) is 6.54 Å². The first kappa shape index (κ1) is 16.0. The lowest BCUT2D eigenvalue weighted by atomic mass is 10.1. The van der Waals surface area contributed by atoms with Crippen LogP contribution in [0, 0.1) is 0 Å². The fraction of sp³-hybridized carbons (Fsp3) is 0.389. The fourth-order valence-corrected chi connectivity index (χ4v) is 3.76. The molecule has 1 aliphatic heterocycles. The zero-order chi connectivity index (χ0) is 16.1. The molecule has 1 aromatic carbocycles. The number of nitrogens with two attached hydrogens (primary N) is 1. The van der Waals surface area contributed by atoms with Crippen LogP contribution in [0.5, 0.6) is 0 Å². The van der Waals surface area contributed by atoms with Gasteiger partial charge in [0.15, 0.2) is 5.96 Å². The van der Waals surface area contributed by atoms with Crippen molar-refractivity contribution in [2.75, 3.05) is 25.0 Å². The van der Waals surface area contributed by atoms with Gasteiger partial charge in [0, 0.05) is 30.2 Å². The van der Waals surface area contributed by atoms with Crippen molar-refractivity contribution in [1.29, 1.82) is 0 Å². The zero-order valence-corrected chi connectivity index (χ0v) is 14.4. The maximum atomic E-state index is 5.99. The Kier molecular flexibility index (Phi) is 5.31. The Morgan fingerprint density at radius 2 is 2.30 bits per heavy atom. The molecular weight excluding hydrogens is 304 g/mol. The summed E-state index contributed by atoms with van der Waals surface area (Å²) >= 11 is 1.88. The third-order valence-corrected chi connectivity index (χ3v) is 5.22. The summed E-state index contributed by atoms with van der Waals surface area (Å²) < 4.78 is 0. The number of rotatable bonds is 5. The Morgan fingerprint density at radius 1 is 1.39 bits per heavy atom. The molecule has 0 fully saturated rings. The Balaban J connectivity index is 1.48. The number of thiophene rings is 1. The number of anilines is 1. The molecule has 1 aromatic heterocycles. The van der Waals surface area contributed by atoms with E-state index in [9.17, 15) is 0 Å². The van der Waals surface area contributed by atoms with Gasteiger partial charge in [-0.1, -0.05) is 19.1 Å². The minimum absolute atomic E-state index is 0.492. The molecule has 4 nitrogen and oxygen atoms in total. The molecule has 2 heterocycles. The van der Waals surface area contributed by atoms with Crippen LogP contribution in [0.1, 0.15) is 22.9 Å². The van der Waals surface area contributed by atoms with Crippen molar-refractivity contribution in [1.82, 2.24) is 4.90 Å². The summed E-state index contributed by atoms with van der Waals surface area (Å²) in [4.78, 5) is 8.45. The van der Waals surface area contributed by atoms with Gasteiger partial charge in [0.2, 0.25) is 0 Å². The normalized spacial score (nSPS) is 15.4. The highest BCUT2D eigenvalue weighted by atomic mass is 32.1. The third kappa shape index (κ3) is 4.33. The highest BCUT2D eigenvalue weighted by molar-refractivity contribution is 7.10. The highest BCUT2D eigenvalue weighted by Gasteiger charge is 2.16. The molecule has 0 radical (unpaired) electrons. The maximum Gasteiger partial charge on any atom is 0.193 e. The van der Waals surface area contributed by atoms with Crippen molar-refractivity contribution in [3.8, 4) is 0 Å². The number of guanidine groups is 1. The van der Waals surface area contributed by atoms with Gasteiger partial charge in [-0.05, 0) is 47.5 Å². The van der Waals surface area contributed by atoms with Crippen molar-refractivity contribution in [2.24, 2.45) is 10.7 Å². The molecule has 0 aliphatic carbocycles. The van der Waals surface area contributed by atoms with Crippen LogP contribution in [0.3, 0.4) is 0 Å². The molecule has 0 spiro atoms. The second-order valence-electron chi connectivity index (χ2n) is 5.84. The lowest BCUT2D eigenvalue weighted by Crippen LogP contribution is -2.32. The SMILES string of the molecule is CCc1cccc(NC(N)=NCCN2CCc3sccc3C2)c1. The van der Waals surface area contributed by atoms with Gasteiger partial charge in [-0.25, -0.2) is 0 Å². The Labute approximate surface area is 142 Å². The van der Waals surface area contributed by atoms with E-state index in [0.717, 1.165) is 44.7 Å². The number of nitrogens with zero attached hydrogens (tertiary/aromatic N) is 2. The average molecular weight is 328 g/mol. The number of nitrogens with one attached hydrogen (secondary N) is 1. The van der Waals surface area contributed by atoms with Crippen molar-refractivity contribution >= 4 is 23.0 Å². The van der Waals surface area contributed by atoms with Crippen LogP contribution >= 0.6 is 11.3 Å². The van der Waals surface area contributed by atoms with Gasteiger partial charge in [-0.15, -0.1) is 11.3 Å². The van der Waals surface area contributed by atoms with Gasteiger partial charge in [0.1, 0.15) is 0 Å². The van der Waals surface area contributed by atoms with Crippen molar-refractivity contribution in [3.05, 3.63) is 51.7 Å². The molecule has 5 heteroatoms. The van der Waals surface area contributed by atoms with E-state index in [1.54, 1.807) is 4.88 Å². The first-order valence-corrected chi connectivity index (χ1v) is 9.06. The summed E-state index contributed by atoms with van der Waals surface area (Å²) in [6, 6.07) is 10.5. The first-order valence-electron chi connectivity index (χ1n) is 8.18. The standard InChI is InChI=1S/C18H24N4S/c1-2-14-4-3-5-16(12-14)21-18(19)20-8-10-22-9-6-17-15(13-22)7-11-23-17/h3-5,7,11-12H,2,6,8-10,13H2,1H3,(H3,19,20,21). The molecule has 3 N–H and O–H groups in total. The van der Waals surface area contributed by atoms with Crippen LogP contribution < -0.4 is 11.1 Å². The number of hydrogen-bond donors (Lipinski definition) is 2. The molecule has 2 aromatic rings. The Hall–Kier alpha value is -1.85. The number of hydrogen-bond acceptors (Lipinski definition) is 3. The highest BCUT2D eigenvalue weighted by Crippen LogP contribution is 2.23. The van der Waals surface area contributed by atoms with E-state index in [1.165, 1.54) is 11.1 Å². The van der Waals surface area contributed by atoms with E-state index in [1.807, 2.05) is 23.5 Å². The molecule has 0 bridgehead atoms. The van der Waals surface area contributed by atoms with Crippen molar-refractivity contribution in [2.45, 2.75) is 26.3 Å². The molecule has 0 amide bonds. The monoisotopic (exact) mass is 328 g/mol. The molecule has 0 atom stereocenters. The second kappa shape index (κ2) is 7.62. The minimum atomic E-state index is 0.492. The van der Waals surface area contributed by atoms with Gasteiger partial charge in [0.25, 0.3) is 0 Å².